The zero-order valence-corrected chi connectivity index (χ0v) is 13.5. The largest absolute Gasteiger partial charge is 0.370 e. The van der Waals surface area contributed by atoms with Gasteiger partial charge in [-0.25, -0.2) is 0 Å². The second-order valence-electron chi connectivity index (χ2n) is 6.85. The van der Waals surface area contributed by atoms with Crippen molar-refractivity contribution in [2.45, 2.75) is 51.7 Å². The molecule has 0 bridgehead atoms. The molecule has 0 aliphatic carbocycles. The molecule has 4 nitrogen and oxygen atoms in total. The summed E-state index contributed by atoms with van der Waals surface area (Å²) in [6, 6.07) is 11.1. The predicted molar refractivity (Wildman–Crippen MR) is 89.3 cm³/mol. The van der Waals surface area contributed by atoms with Gasteiger partial charge in [0.1, 0.15) is 0 Å². The summed E-state index contributed by atoms with van der Waals surface area (Å²) >= 11 is 0. The van der Waals surface area contributed by atoms with Crippen LogP contribution in [0.5, 0.6) is 0 Å². The SMILES string of the molecule is CC(C)(C)NC(N)=NCC1CCCN1Cc1ccccc1. The van der Waals surface area contributed by atoms with Crippen LogP contribution in [0.3, 0.4) is 0 Å². The third kappa shape index (κ3) is 5.38. The monoisotopic (exact) mass is 288 g/mol. The minimum atomic E-state index is -0.0347. The lowest BCUT2D eigenvalue weighted by Crippen LogP contribution is -2.45. The Bertz CT molecular complexity index is 461. The van der Waals surface area contributed by atoms with E-state index in [0.29, 0.717) is 12.0 Å². The Morgan fingerprint density at radius 1 is 1.33 bits per heavy atom. The minimum Gasteiger partial charge on any atom is -0.370 e. The number of nitrogens with two attached hydrogens (primary N) is 1. The van der Waals surface area contributed by atoms with Gasteiger partial charge in [0.2, 0.25) is 0 Å². The summed E-state index contributed by atoms with van der Waals surface area (Å²) in [5.74, 6) is 0.550. The summed E-state index contributed by atoms with van der Waals surface area (Å²) < 4.78 is 0. The van der Waals surface area contributed by atoms with Crippen molar-refractivity contribution in [2.24, 2.45) is 10.7 Å². The number of nitrogens with one attached hydrogen (secondary N) is 1. The number of rotatable bonds is 4. The summed E-state index contributed by atoms with van der Waals surface area (Å²) in [6.45, 7) is 9.21. The van der Waals surface area contributed by atoms with E-state index < -0.39 is 0 Å². The average Bonchev–Trinajstić information content (AvgIpc) is 2.83. The third-order valence-electron chi connectivity index (χ3n) is 3.70. The zero-order valence-electron chi connectivity index (χ0n) is 13.5. The Hall–Kier alpha value is -1.55. The fourth-order valence-corrected chi connectivity index (χ4v) is 2.76. The summed E-state index contributed by atoms with van der Waals surface area (Å²) in [5, 5.41) is 3.22. The fourth-order valence-electron chi connectivity index (χ4n) is 2.76. The van der Waals surface area contributed by atoms with Crippen LogP contribution in [0.15, 0.2) is 35.3 Å². The lowest BCUT2D eigenvalue weighted by atomic mass is 10.1. The van der Waals surface area contributed by atoms with Crippen LogP contribution in [0.4, 0.5) is 0 Å². The van der Waals surface area contributed by atoms with Crippen molar-refractivity contribution in [1.29, 1.82) is 0 Å². The molecular weight excluding hydrogens is 260 g/mol. The van der Waals surface area contributed by atoms with Gasteiger partial charge in [-0.1, -0.05) is 30.3 Å². The molecular formula is C17H28N4. The molecule has 1 heterocycles. The van der Waals surface area contributed by atoms with Gasteiger partial charge < -0.3 is 11.1 Å². The van der Waals surface area contributed by atoms with Gasteiger partial charge in [-0.05, 0) is 45.7 Å². The maximum atomic E-state index is 5.96. The summed E-state index contributed by atoms with van der Waals surface area (Å²) in [5.41, 5.74) is 7.29. The van der Waals surface area contributed by atoms with E-state index in [9.17, 15) is 0 Å². The molecule has 21 heavy (non-hydrogen) atoms. The molecule has 0 radical (unpaired) electrons. The Kier molecular flexibility index (Phi) is 5.23. The Balaban J connectivity index is 1.89. The van der Waals surface area contributed by atoms with E-state index in [1.54, 1.807) is 0 Å². The van der Waals surface area contributed by atoms with Crippen LogP contribution in [0, 0.1) is 0 Å². The third-order valence-corrected chi connectivity index (χ3v) is 3.70. The van der Waals surface area contributed by atoms with Crippen LogP contribution >= 0.6 is 0 Å². The van der Waals surface area contributed by atoms with E-state index in [4.69, 9.17) is 5.73 Å². The first kappa shape index (κ1) is 15.8. The van der Waals surface area contributed by atoms with Crippen molar-refractivity contribution in [2.75, 3.05) is 13.1 Å². The van der Waals surface area contributed by atoms with E-state index in [0.717, 1.165) is 19.6 Å². The molecule has 0 saturated carbocycles. The first-order valence-corrected chi connectivity index (χ1v) is 7.80. The van der Waals surface area contributed by atoms with E-state index in [1.165, 1.54) is 18.4 Å². The molecule has 1 aliphatic heterocycles. The smallest absolute Gasteiger partial charge is 0.189 e. The standard InChI is InChI=1S/C17H28N4/c1-17(2,3)20-16(18)19-12-15-10-7-11-21(15)13-14-8-5-4-6-9-14/h4-6,8-9,15H,7,10-13H2,1-3H3,(H3,18,19,20). The highest BCUT2D eigenvalue weighted by Crippen LogP contribution is 2.20. The van der Waals surface area contributed by atoms with Crippen LogP contribution in [0.2, 0.25) is 0 Å². The van der Waals surface area contributed by atoms with E-state index in [1.807, 2.05) is 0 Å². The van der Waals surface area contributed by atoms with Crippen molar-refractivity contribution >= 4 is 5.96 Å². The normalized spacial score (nSPS) is 20.7. The topological polar surface area (TPSA) is 53.6 Å². The Labute approximate surface area is 128 Å². The molecule has 2 rings (SSSR count). The van der Waals surface area contributed by atoms with Gasteiger partial charge >= 0.3 is 0 Å². The molecule has 3 N–H and O–H groups in total. The molecule has 1 saturated heterocycles. The molecule has 0 aromatic heterocycles. The van der Waals surface area contributed by atoms with Gasteiger partial charge in [0.05, 0.1) is 6.54 Å². The van der Waals surface area contributed by atoms with Crippen molar-refractivity contribution < 1.29 is 0 Å². The first-order valence-electron chi connectivity index (χ1n) is 7.80. The van der Waals surface area contributed by atoms with Crippen molar-refractivity contribution in [3.05, 3.63) is 35.9 Å². The van der Waals surface area contributed by atoms with Crippen molar-refractivity contribution in [3.63, 3.8) is 0 Å². The molecule has 1 unspecified atom stereocenters. The van der Waals surface area contributed by atoms with Crippen molar-refractivity contribution in [3.8, 4) is 0 Å². The van der Waals surface area contributed by atoms with Crippen LogP contribution in [0.25, 0.3) is 0 Å². The van der Waals surface area contributed by atoms with Crippen molar-refractivity contribution in [1.82, 2.24) is 10.2 Å². The molecule has 1 fully saturated rings. The Morgan fingerprint density at radius 2 is 2.05 bits per heavy atom. The molecule has 0 amide bonds. The second kappa shape index (κ2) is 6.94. The van der Waals surface area contributed by atoms with Crippen LogP contribution in [0.1, 0.15) is 39.2 Å². The van der Waals surface area contributed by atoms with E-state index in [2.05, 4.69) is 66.3 Å². The van der Waals surface area contributed by atoms with Crippen LogP contribution in [-0.2, 0) is 6.54 Å². The van der Waals surface area contributed by atoms with Gasteiger partial charge in [0.15, 0.2) is 5.96 Å². The molecule has 0 spiro atoms. The summed E-state index contributed by atoms with van der Waals surface area (Å²) in [4.78, 5) is 7.04. The number of hydrogen-bond acceptors (Lipinski definition) is 2. The van der Waals surface area contributed by atoms with E-state index in [-0.39, 0.29) is 5.54 Å². The number of hydrogen-bond donors (Lipinski definition) is 2. The summed E-state index contributed by atoms with van der Waals surface area (Å²) in [6.07, 6.45) is 2.46. The molecule has 1 aliphatic rings. The van der Waals surface area contributed by atoms with Crippen LogP contribution < -0.4 is 11.1 Å². The first-order chi connectivity index (χ1) is 9.94. The van der Waals surface area contributed by atoms with Gasteiger partial charge in [0.25, 0.3) is 0 Å². The quantitative estimate of drug-likeness (QED) is 0.660. The summed E-state index contributed by atoms with van der Waals surface area (Å²) in [7, 11) is 0. The maximum absolute atomic E-state index is 5.96. The molecule has 1 aromatic rings. The minimum absolute atomic E-state index is 0.0347. The predicted octanol–water partition coefficient (Wildman–Crippen LogP) is 2.35. The number of guanidine groups is 1. The van der Waals surface area contributed by atoms with Gasteiger partial charge in [-0.2, -0.15) is 0 Å². The number of likely N-dealkylation sites (tertiary alicyclic amines) is 1. The maximum Gasteiger partial charge on any atom is 0.189 e. The number of benzene rings is 1. The average molecular weight is 288 g/mol. The highest BCUT2D eigenvalue weighted by molar-refractivity contribution is 5.78. The van der Waals surface area contributed by atoms with Gasteiger partial charge in [-0.15, -0.1) is 0 Å². The number of nitrogens with zero attached hydrogens (tertiary/aromatic N) is 2. The fraction of sp³-hybridized carbons (Fsp3) is 0.588. The molecule has 4 heteroatoms. The Morgan fingerprint density at radius 3 is 2.71 bits per heavy atom. The van der Waals surface area contributed by atoms with E-state index >= 15 is 0 Å². The molecule has 116 valence electrons. The van der Waals surface area contributed by atoms with Crippen LogP contribution in [-0.4, -0.2) is 35.5 Å². The molecule has 1 aromatic carbocycles. The molecule has 1 atom stereocenters. The second-order valence-corrected chi connectivity index (χ2v) is 6.85. The van der Waals surface area contributed by atoms with Gasteiger partial charge in [0, 0.05) is 18.1 Å². The lowest BCUT2D eigenvalue weighted by Gasteiger charge is -2.24. The highest BCUT2D eigenvalue weighted by atomic mass is 15.2. The van der Waals surface area contributed by atoms with Gasteiger partial charge in [-0.3, -0.25) is 9.89 Å². The highest BCUT2D eigenvalue weighted by Gasteiger charge is 2.24. The number of aliphatic imine (C=N–C) groups is 1. The lowest BCUT2D eigenvalue weighted by molar-refractivity contribution is 0.250. The zero-order chi connectivity index (χ0) is 15.3.